The van der Waals surface area contributed by atoms with Crippen molar-refractivity contribution in [2.75, 3.05) is 13.2 Å². The molecule has 0 N–H and O–H groups in total. The van der Waals surface area contributed by atoms with Crippen molar-refractivity contribution in [1.82, 2.24) is 0 Å². The highest BCUT2D eigenvalue weighted by Gasteiger charge is 2.19. The van der Waals surface area contributed by atoms with E-state index < -0.39 is 6.10 Å². The number of rotatable bonds is 62. The second-order valence-corrected chi connectivity index (χ2v) is 22.7. The van der Waals surface area contributed by atoms with Gasteiger partial charge in [-0.15, -0.1) is 0 Å². The topological polar surface area (TPSA) is 78.9 Å². The van der Waals surface area contributed by atoms with Crippen LogP contribution < -0.4 is 0 Å². The number of carbonyl (C=O) groups is 3. The predicted octanol–water partition coefficient (Wildman–Crippen LogP) is 22.9. The first-order chi connectivity index (χ1) is 37.5. The van der Waals surface area contributed by atoms with E-state index in [0.29, 0.717) is 19.3 Å². The molecule has 0 aliphatic heterocycles. The van der Waals surface area contributed by atoms with Gasteiger partial charge in [-0.2, -0.15) is 0 Å². The Bertz CT molecular complexity index is 1310. The fraction of sp³-hybridized carbons (Fsp3) is 0.843. The lowest BCUT2D eigenvalue weighted by Gasteiger charge is -2.18. The summed E-state index contributed by atoms with van der Waals surface area (Å²) in [7, 11) is 0. The number of esters is 3. The highest BCUT2D eigenvalue weighted by atomic mass is 16.6. The Morgan fingerprint density at radius 1 is 0.263 bits per heavy atom. The van der Waals surface area contributed by atoms with E-state index in [1.165, 1.54) is 231 Å². The van der Waals surface area contributed by atoms with Gasteiger partial charge in [0.25, 0.3) is 0 Å². The SMILES string of the molecule is CCCCC/C=C\C/C=C\C/C=C\CCCCCCCCC(=O)OC(COC(=O)CCCCCCC/C=C\CCCCCCCCC)COC(=O)CCCCCCCCCCCCCCCCCCCCCCCCC. The van der Waals surface area contributed by atoms with Gasteiger partial charge in [-0.25, -0.2) is 0 Å². The summed E-state index contributed by atoms with van der Waals surface area (Å²) in [5.74, 6) is -0.875. The van der Waals surface area contributed by atoms with Crippen LogP contribution in [0.15, 0.2) is 48.6 Å². The Kier molecular flexibility index (Phi) is 62.6. The van der Waals surface area contributed by atoms with Crippen LogP contribution in [-0.2, 0) is 28.6 Å². The zero-order valence-corrected chi connectivity index (χ0v) is 51.0. The lowest BCUT2D eigenvalue weighted by atomic mass is 10.0. The molecule has 0 rings (SSSR count). The summed E-state index contributed by atoms with van der Waals surface area (Å²) in [4.78, 5) is 38.4. The number of ether oxygens (including phenoxy) is 3. The van der Waals surface area contributed by atoms with Crippen LogP contribution in [0.25, 0.3) is 0 Å². The van der Waals surface area contributed by atoms with Crippen LogP contribution in [0.4, 0.5) is 0 Å². The van der Waals surface area contributed by atoms with E-state index in [2.05, 4.69) is 69.4 Å². The van der Waals surface area contributed by atoms with Crippen LogP contribution >= 0.6 is 0 Å². The van der Waals surface area contributed by atoms with E-state index in [-0.39, 0.29) is 31.1 Å². The highest BCUT2D eigenvalue weighted by Crippen LogP contribution is 2.18. The molecule has 0 spiro atoms. The standard InChI is InChI=1S/C70H128O6/c1-4-7-10-13-16-19-22-25-28-31-33-34-35-36-38-39-42-45-48-51-54-57-60-63-69(72)75-66-67(65-74-68(71)62-59-56-53-50-47-44-41-30-27-24-21-18-15-12-9-6-3)76-70(73)64-61-58-55-52-49-46-43-40-37-32-29-26-23-20-17-14-11-8-5-2/h17,20,26,29-30,37,40-41,67H,4-16,18-19,21-25,27-28,31-36,38-39,42-66H2,1-3H3/b20-17-,29-26-,40-37-,41-30-. The minimum atomic E-state index is -0.783. The van der Waals surface area contributed by atoms with Gasteiger partial charge < -0.3 is 14.2 Å². The maximum atomic E-state index is 12.9. The summed E-state index contributed by atoms with van der Waals surface area (Å²) < 4.78 is 17.0. The molecule has 0 aromatic carbocycles. The van der Waals surface area contributed by atoms with E-state index in [1.807, 2.05) is 0 Å². The molecular weight excluding hydrogens is 937 g/mol. The second-order valence-electron chi connectivity index (χ2n) is 22.7. The van der Waals surface area contributed by atoms with Crippen LogP contribution in [0.1, 0.15) is 361 Å². The number of carbonyl (C=O) groups excluding carboxylic acids is 3. The lowest BCUT2D eigenvalue weighted by molar-refractivity contribution is -0.167. The average molecular weight is 1070 g/mol. The molecule has 0 aromatic rings. The first-order valence-electron chi connectivity index (χ1n) is 33.6. The van der Waals surface area contributed by atoms with Gasteiger partial charge in [0.05, 0.1) is 0 Å². The summed E-state index contributed by atoms with van der Waals surface area (Å²) in [6.07, 6.45) is 81.2. The predicted molar refractivity (Wildman–Crippen MR) is 330 cm³/mol. The van der Waals surface area contributed by atoms with Gasteiger partial charge in [-0.3, -0.25) is 14.4 Å². The molecule has 76 heavy (non-hydrogen) atoms. The highest BCUT2D eigenvalue weighted by molar-refractivity contribution is 5.71. The number of unbranched alkanes of at least 4 members (excludes halogenated alkanes) is 43. The van der Waals surface area contributed by atoms with Crippen LogP contribution in [0.5, 0.6) is 0 Å². The monoisotopic (exact) mass is 1060 g/mol. The summed E-state index contributed by atoms with van der Waals surface area (Å²) in [5, 5.41) is 0. The molecule has 444 valence electrons. The van der Waals surface area contributed by atoms with Crippen molar-refractivity contribution in [2.45, 2.75) is 367 Å². The Labute approximate surface area is 473 Å². The molecule has 0 saturated carbocycles. The molecule has 0 aromatic heterocycles. The van der Waals surface area contributed by atoms with Crippen molar-refractivity contribution in [1.29, 1.82) is 0 Å². The maximum absolute atomic E-state index is 12.9. The number of hydrogen-bond donors (Lipinski definition) is 0. The molecule has 0 aliphatic carbocycles. The smallest absolute Gasteiger partial charge is 0.306 e. The quantitative estimate of drug-likeness (QED) is 0.0261. The minimum absolute atomic E-state index is 0.0774. The molecule has 1 unspecified atom stereocenters. The van der Waals surface area contributed by atoms with Crippen LogP contribution in [0, 0.1) is 0 Å². The third-order valence-corrected chi connectivity index (χ3v) is 15.1. The van der Waals surface area contributed by atoms with Crippen molar-refractivity contribution in [2.24, 2.45) is 0 Å². The van der Waals surface area contributed by atoms with Crippen molar-refractivity contribution in [3.8, 4) is 0 Å². The summed E-state index contributed by atoms with van der Waals surface area (Å²) in [6.45, 7) is 6.65. The zero-order chi connectivity index (χ0) is 55.0. The summed E-state index contributed by atoms with van der Waals surface area (Å²) in [6, 6.07) is 0. The lowest BCUT2D eigenvalue weighted by Crippen LogP contribution is -2.30. The fourth-order valence-electron chi connectivity index (χ4n) is 9.98. The van der Waals surface area contributed by atoms with Gasteiger partial charge in [0.1, 0.15) is 13.2 Å². The van der Waals surface area contributed by atoms with E-state index >= 15 is 0 Å². The molecule has 0 aliphatic rings. The molecule has 6 heteroatoms. The van der Waals surface area contributed by atoms with E-state index in [4.69, 9.17) is 14.2 Å². The van der Waals surface area contributed by atoms with Gasteiger partial charge in [0, 0.05) is 19.3 Å². The molecule has 0 radical (unpaired) electrons. The first-order valence-corrected chi connectivity index (χ1v) is 33.6. The summed E-state index contributed by atoms with van der Waals surface area (Å²) >= 11 is 0. The van der Waals surface area contributed by atoms with Crippen molar-refractivity contribution in [3.63, 3.8) is 0 Å². The Morgan fingerprint density at radius 3 is 0.776 bits per heavy atom. The Hall–Kier alpha value is -2.63. The number of hydrogen-bond acceptors (Lipinski definition) is 6. The first kappa shape index (κ1) is 73.4. The molecule has 0 fully saturated rings. The third kappa shape index (κ3) is 62.2. The number of allylic oxidation sites excluding steroid dienone is 8. The molecule has 0 amide bonds. The van der Waals surface area contributed by atoms with Gasteiger partial charge in [-0.05, 0) is 83.5 Å². The normalized spacial score (nSPS) is 12.3. The average Bonchev–Trinajstić information content (AvgIpc) is 3.42. The van der Waals surface area contributed by atoms with Crippen LogP contribution in [-0.4, -0.2) is 37.2 Å². The van der Waals surface area contributed by atoms with Gasteiger partial charge in [-0.1, -0.05) is 307 Å². The molecule has 0 saturated heterocycles. The second kappa shape index (κ2) is 64.9. The molecule has 0 bridgehead atoms. The van der Waals surface area contributed by atoms with Crippen LogP contribution in [0.3, 0.4) is 0 Å². The molecule has 6 nitrogen and oxygen atoms in total. The van der Waals surface area contributed by atoms with E-state index in [0.717, 1.165) is 89.9 Å². The fourth-order valence-corrected chi connectivity index (χ4v) is 9.98. The van der Waals surface area contributed by atoms with E-state index in [1.54, 1.807) is 0 Å². The van der Waals surface area contributed by atoms with Crippen molar-refractivity contribution < 1.29 is 28.6 Å². The zero-order valence-electron chi connectivity index (χ0n) is 51.0. The maximum Gasteiger partial charge on any atom is 0.306 e. The Balaban J connectivity index is 4.33. The molecular formula is C70H128O6. The molecule has 0 heterocycles. The van der Waals surface area contributed by atoms with Crippen LogP contribution in [0.2, 0.25) is 0 Å². The third-order valence-electron chi connectivity index (χ3n) is 15.1. The summed E-state index contributed by atoms with van der Waals surface area (Å²) in [5.41, 5.74) is 0. The minimum Gasteiger partial charge on any atom is -0.462 e. The largest absolute Gasteiger partial charge is 0.462 e. The van der Waals surface area contributed by atoms with Crippen molar-refractivity contribution in [3.05, 3.63) is 48.6 Å². The Morgan fingerprint density at radius 2 is 0.474 bits per heavy atom. The van der Waals surface area contributed by atoms with Gasteiger partial charge in [0.2, 0.25) is 0 Å². The molecule has 1 atom stereocenters. The van der Waals surface area contributed by atoms with Gasteiger partial charge >= 0.3 is 17.9 Å². The van der Waals surface area contributed by atoms with Crippen molar-refractivity contribution >= 4 is 17.9 Å². The van der Waals surface area contributed by atoms with E-state index in [9.17, 15) is 14.4 Å². The van der Waals surface area contributed by atoms with Gasteiger partial charge in [0.15, 0.2) is 6.10 Å².